The van der Waals surface area contributed by atoms with E-state index in [1.165, 1.54) is 12.1 Å². The highest BCUT2D eigenvalue weighted by atomic mass is 32.2. The lowest BCUT2D eigenvalue weighted by Crippen LogP contribution is -2.30. The molecular formula is C19H18N4O6S. The summed E-state index contributed by atoms with van der Waals surface area (Å²) in [5, 5.41) is 14.2. The van der Waals surface area contributed by atoms with Crippen LogP contribution in [0.2, 0.25) is 0 Å². The first kappa shape index (κ1) is 21.1. The zero-order chi connectivity index (χ0) is 21.7. The molecular weight excluding hydrogens is 412 g/mol. The number of hydrogen-bond acceptors (Lipinski definition) is 7. The summed E-state index contributed by atoms with van der Waals surface area (Å²) < 4.78 is 27.4. The Morgan fingerprint density at radius 3 is 2.40 bits per heavy atom. The summed E-state index contributed by atoms with van der Waals surface area (Å²) in [7, 11) is -3.75. The number of ether oxygens (including phenoxy) is 1. The van der Waals surface area contributed by atoms with Crippen LogP contribution in [0.25, 0.3) is 10.8 Å². The van der Waals surface area contributed by atoms with Crippen LogP contribution in [0.1, 0.15) is 16.1 Å². The van der Waals surface area contributed by atoms with Crippen molar-refractivity contribution in [3.8, 4) is 0 Å². The molecule has 0 atom stereocenters. The molecule has 0 bridgehead atoms. The summed E-state index contributed by atoms with van der Waals surface area (Å²) in [4.78, 5) is 35.9. The van der Waals surface area contributed by atoms with Crippen molar-refractivity contribution in [2.24, 2.45) is 5.14 Å². The van der Waals surface area contributed by atoms with E-state index in [9.17, 15) is 22.8 Å². The minimum Gasteiger partial charge on any atom is -0.451 e. The maximum absolute atomic E-state index is 12.2. The molecule has 156 valence electrons. The number of primary sulfonamides is 1. The van der Waals surface area contributed by atoms with Gasteiger partial charge in [0.05, 0.1) is 10.3 Å². The second-order valence-electron chi connectivity index (χ2n) is 6.31. The number of esters is 1. The first-order valence-electron chi connectivity index (χ1n) is 8.78. The number of aromatic amines is 1. The molecule has 0 unspecified atom stereocenters. The van der Waals surface area contributed by atoms with Crippen LogP contribution in [0.15, 0.2) is 58.2 Å². The van der Waals surface area contributed by atoms with Gasteiger partial charge in [-0.2, -0.15) is 5.10 Å². The molecule has 1 aromatic heterocycles. The van der Waals surface area contributed by atoms with Gasteiger partial charge in [0.25, 0.3) is 11.5 Å². The van der Waals surface area contributed by atoms with Crippen LogP contribution in [0.3, 0.4) is 0 Å². The molecule has 4 N–H and O–H groups in total. The summed E-state index contributed by atoms with van der Waals surface area (Å²) >= 11 is 0. The minimum atomic E-state index is -3.75. The van der Waals surface area contributed by atoms with Gasteiger partial charge >= 0.3 is 5.97 Å². The Balaban J connectivity index is 1.51. The Hall–Kier alpha value is -3.57. The first-order valence-corrected chi connectivity index (χ1v) is 10.3. The lowest BCUT2D eigenvalue weighted by atomic mass is 10.1. The van der Waals surface area contributed by atoms with Gasteiger partial charge in [-0.25, -0.2) is 23.4 Å². The third-order valence-corrected chi connectivity index (χ3v) is 5.14. The summed E-state index contributed by atoms with van der Waals surface area (Å²) in [6.45, 7) is -0.261. The fourth-order valence-electron chi connectivity index (χ4n) is 2.71. The van der Waals surface area contributed by atoms with E-state index in [0.29, 0.717) is 11.8 Å². The van der Waals surface area contributed by atoms with E-state index in [4.69, 9.17) is 9.88 Å². The molecule has 11 heteroatoms. The van der Waals surface area contributed by atoms with Crippen LogP contribution in [-0.4, -0.2) is 43.6 Å². The minimum absolute atomic E-state index is 0.00517. The standard InChI is InChI=1S/C19H18N4O6S/c20-30(27,28)13-7-5-12(6-8-13)9-10-21-16(24)11-29-19(26)17-14-3-1-2-4-15(14)18(25)23-22-17/h1-8H,9-11H2,(H,21,24)(H,23,25)(H2,20,27,28). The number of sulfonamides is 1. The summed E-state index contributed by atoms with van der Waals surface area (Å²) in [6.07, 6.45) is 0.441. The Morgan fingerprint density at radius 1 is 1.07 bits per heavy atom. The van der Waals surface area contributed by atoms with Crippen molar-refractivity contribution >= 4 is 32.7 Å². The highest BCUT2D eigenvalue weighted by Crippen LogP contribution is 2.13. The van der Waals surface area contributed by atoms with Gasteiger partial charge in [0.15, 0.2) is 12.3 Å². The average molecular weight is 430 g/mol. The van der Waals surface area contributed by atoms with Gasteiger partial charge in [-0.05, 0) is 30.2 Å². The zero-order valence-electron chi connectivity index (χ0n) is 15.6. The van der Waals surface area contributed by atoms with E-state index in [2.05, 4.69) is 15.5 Å². The Kier molecular flexibility index (Phi) is 6.23. The van der Waals surface area contributed by atoms with Gasteiger partial charge in [-0.3, -0.25) is 9.59 Å². The van der Waals surface area contributed by atoms with Crippen LogP contribution >= 0.6 is 0 Å². The molecule has 30 heavy (non-hydrogen) atoms. The molecule has 0 aliphatic carbocycles. The Labute approximate surface area is 171 Å². The van der Waals surface area contributed by atoms with E-state index >= 15 is 0 Å². The van der Waals surface area contributed by atoms with E-state index in [0.717, 1.165) is 5.56 Å². The molecule has 1 heterocycles. The summed E-state index contributed by atoms with van der Waals surface area (Å²) in [6, 6.07) is 12.4. The van der Waals surface area contributed by atoms with Crippen molar-refractivity contribution in [2.45, 2.75) is 11.3 Å². The molecule has 0 radical (unpaired) electrons. The predicted molar refractivity (Wildman–Crippen MR) is 107 cm³/mol. The molecule has 0 fully saturated rings. The Bertz CT molecular complexity index is 1250. The zero-order valence-corrected chi connectivity index (χ0v) is 16.4. The Morgan fingerprint density at radius 2 is 1.73 bits per heavy atom. The summed E-state index contributed by atoms with van der Waals surface area (Å²) in [5.74, 6) is -1.35. The lowest BCUT2D eigenvalue weighted by Gasteiger charge is -2.08. The molecule has 1 amide bonds. The van der Waals surface area contributed by atoms with Crippen molar-refractivity contribution in [1.82, 2.24) is 15.5 Å². The van der Waals surface area contributed by atoms with Crippen molar-refractivity contribution in [1.29, 1.82) is 0 Å². The maximum Gasteiger partial charge on any atom is 0.359 e. The molecule has 2 aromatic carbocycles. The number of nitrogens with one attached hydrogen (secondary N) is 2. The third kappa shape index (κ3) is 5.07. The number of hydrogen-bond donors (Lipinski definition) is 3. The number of benzene rings is 2. The highest BCUT2D eigenvalue weighted by Gasteiger charge is 2.16. The van der Waals surface area contributed by atoms with Crippen molar-refractivity contribution in [3.05, 3.63) is 70.1 Å². The van der Waals surface area contributed by atoms with Crippen LogP contribution in [0, 0.1) is 0 Å². The van der Waals surface area contributed by atoms with Crippen molar-refractivity contribution in [3.63, 3.8) is 0 Å². The van der Waals surface area contributed by atoms with Gasteiger partial charge in [0, 0.05) is 11.9 Å². The molecule has 3 rings (SSSR count). The molecule has 0 saturated heterocycles. The number of aromatic nitrogens is 2. The average Bonchev–Trinajstić information content (AvgIpc) is 2.72. The quantitative estimate of drug-likeness (QED) is 0.447. The number of nitrogens with zero attached hydrogens (tertiary/aromatic N) is 1. The molecule has 0 saturated carbocycles. The van der Waals surface area contributed by atoms with Crippen LogP contribution < -0.4 is 16.0 Å². The second-order valence-corrected chi connectivity index (χ2v) is 7.87. The SMILES string of the molecule is NS(=O)(=O)c1ccc(CCNC(=O)COC(=O)c2n[nH]c(=O)c3ccccc23)cc1. The number of nitrogens with two attached hydrogens (primary N) is 1. The van der Waals surface area contributed by atoms with Gasteiger partial charge in [0.1, 0.15) is 0 Å². The summed E-state index contributed by atoms with van der Waals surface area (Å²) in [5.41, 5.74) is 0.272. The normalized spacial score (nSPS) is 11.2. The van der Waals surface area contributed by atoms with E-state index in [1.807, 2.05) is 0 Å². The number of carbonyl (C=O) groups excluding carboxylic acids is 2. The highest BCUT2D eigenvalue weighted by molar-refractivity contribution is 7.89. The fourth-order valence-corrected chi connectivity index (χ4v) is 3.23. The molecule has 0 aliphatic rings. The number of amides is 1. The third-order valence-electron chi connectivity index (χ3n) is 4.21. The largest absolute Gasteiger partial charge is 0.451 e. The predicted octanol–water partition coefficient (Wildman–Crippen LogP) is 0.0862. The van der Waals surface area contributed by atoms with E-state index in [1.54, 1.807) is 36.4 Å². The van der Waals surface area contributed by atoms with E-state index < -0.39 is 34.1 Å². The van der Waals surface area contributed by atoms with Crippen LogP contribution in [-0.2, 0) is 26.0 Å². The number of rotatable bonds is 7. The molecule has 10 nitrogen and oxygen atoms in total. The van der Waals surface area contributed by atoms with Crippen molar-refractivity contribution in [2.75, 3.05) is 13.2 Å². The van der Waals surface area contributed by atoms with Crippen molar-refractivity contribution < 1.29 is 22.7 Å². The number of H-pyrrole nitrogens is 1. The molecule has 0 aliphatic heterocycles. The number of carbonyl (C=O) groups is 2. The lowest BCUT2D eigenvalue weighted by molar-refractivity contribution is -0.124. The van der Waals surface area contributed by atoms with Gasteiger partial charge in [0.2, 0.25) is 10.0 Å². The smallest absolute Gasteiger partial charge is 0.359 e. The topological polar surface area (TPSA) is 161 Å². The fraction of sp³-hybridized carbons (Fsp3) is 0.158. The van der Waals surface area contributed by atoms with Gasteiger partial charge in [-0.1, -0.05) is 30.3 Å². The van der Waals surface area contributed by atoms with E-state index in [-0.39, 0.29) is 22.5 Å². The second kappa shape index (κ2) is 8.84. The van der Waals surface area contributed by atoms with Crippen LogP contribution in [0.4, 0.5) is 0 Å². The monoisotopic (exact) mass is 430 g/mol. The maximum atomic E-state index is 12.2. The molecule has 3 aromatic rings. The number of fused-ring (bicyclic) bond motifs is 1. The first-order chi connectivity index (χ1) is 14.3. The molecule has 0 spiro atoms. The van der Waals surface area contributed by atoms with Gasteiger partial charge < -0.3 is 10.1 Å². The van der Waals surface area contributed by atoms with Gasteiger partial charge in [-0.15, -0.1) is 0 Å². The van der Waals surface area contributed by atoms with Crippen LogP contribution in [0.5, 0.6) is 0 Å².